The summed E-state index contributed by atoms with van der Waals surface area (Å²) in [6, 6.07) is 0. The average molecular weight is 280 g/mol. The van der Waals surface area contributed by atoms with Crippen LogP contribution in [0.4, 0.5) is 0 Å². The number of hydrogen-bond acceptors (Lipinski definition) is 0. The topological polar surface area (TPSA) is 0 Å². The Morgan fingerprint density at radius 1 is 1.13 bits per heavy atom. The van der Waals surface area contributed by atoms with Gasteiger partial charge in [0.1, 0.15) is 0 Å². The van der Waals surface area contributed by atoms with Gasteiger partial charge >= 0.3 is 0 Å². The summed E-state index contributed by atoms with van der Waals surface area (Å²) in [6.07, 6.45) is 11.5. The van der Waals surface area contributed by atoms with Crippen LogP contribution in [0.2, 0.25) is 0 Å². The molecule has 0 fully saturated rings. The van der Waals surface area contributed by atoms with E-state index in [1.165, 1.54) is 18.4 Å². The average Bonchev–Trinajstić information content (AvgIpc) is 2.01. The van der Waals surface area contributed by atoms with E-state index in [4.69, 9.17) is 0 Å². The minimum absolute atomic E-state index is 0. The molecule has 0 saturated carbocycles. The van der Waals surface area contributed by atoms with Crippen molar-refractivity contribution in [2.75, 3.05) is 0 Å². The van der Waals surface area contributed by atoms with E-state index in [0.717, 1.165) is 6.42 Å². The summed E-state index contributed by atoms with van der Waals surface area (Å²) in [5.41, 5.74) is 2.07. The third-order valence-corrected chi connectivity index (χ3v) is 2.62. The molecular formula is C14H23Y-. The standard InChI is InChI=1S/C14H23.Y/c1-13(2,3)11-14(4,5)12-9-7-6-8-10-12;/h7,10H,6,8,11H2,1-5H3;/q-1;. The largest absolute Gasteiger partial charge is 0.251 e. The first-order valence-electron chi connectivity index (χ1n) is 5.60. The Kier molecular flexibility index (Phi) is 6.00. The molecule has 0 amide bonds. The normalized spacial score (nSPS) is 17.0. The van der Waals surface area contributed by atoms with Crippen LogP contribution in [-0.2, 0) is 32.7 Å². The molecule has 0 nitrogen and oxygen atoms in total. The Hall–Kier alpha value is 0.584. The summed E-state index contributed by atoms with van der Waals surface area (Å²) in [5.74, 6) is 0. The Balaban J connectivity index is 0.00000196. The molecule has 0 saturated heterocycles. The van der Waals surface area contributed by atoms with Crippen LogP contribution < -0.4 is 0 Å². The van der Waals surface area contributed by atoms with E-state index in [9.17, 15) is 0 Å². The van der Waals surface area contributed by atoms with Crippen molar-refractivity contribution in [3.63, 3.8) is 0 Å². The van der Waals surface area contributed by atoms with E-state index in [1.807, 2.05) is 0 Å². The van der Waals surface area contributed by atoms with Crippen molar-refractivity contribution in [2.24, 2.45) is 10.8 Å². The van der Waals surface area contributed by atoms with Crippen LogP contribution in [0, 0.1) is 16.9 Å². The maximum atomic E-state index is 3.42. The predicted octanol–water partition coefficient (Wildman–Crippen LogP) is 4.53. The van der Waals surface area contributed by atoms with Gasteiger partial charge in [0.2, 0.25) is 0 Å². The second kappa shape index (κ2) is 5.78. The zero-order valence-electron chi connectivity index (χ0n) is 10.9. The van der Waals surface area contributed by atoms with Crippen LogP contribution in [0.3, 0.4) is 0 Å². The molecule has 0 spiro atoms. The Morgan fingerprint density at radius 2 is 1.73 bits per heavy atom. The van der Waals surface area contributed by atoms with E-state index in [-0.39, 0.29) is 38.1 Å². The van der Waals surface area contributed by atoms with Crippen LogP contribution >= 0.6 is 0 Å². The molecule has 0 atom stereocenters. The second-order valence-corrected chi connectivity index (χ2v) is 6.16. The van der Waals surface area contributed by atoms with Crippen molar-refractivity contribution >= 4 is 0 Å². The summed E-state index contributed by atoms with van der Waals surface area (Å²) >= 11 is 0. The number of allylic oxidation sites excluding steroid dienone is 4. The zero-order chi connectivity index (χ0) is 10.8. The predicted molar refractivity (Wildman–Crippen MR) is 63.0 cm³/mol. The molecule has 0 aromatic rings. The van der Waals surface area contributed by atoms with Crippen LogP contribution in [0.1, 0.15) is 53.9 Å². The second-order valence-electron chi connectivity index (χ2n) is 6.16. The van der Waals surface area contributed by atoms with Gasteiger partial charge in [-0.25, -0.2) is 11.6 Å². The number of hydrogen-bond donors (Lipinski definition) is 0. The van der Waals surface area contributed by atoms with E-state index in [0.29, 0.717) is 5.41 Å². The van der Waals surface area contributed by atoms with E-state index in [2.05, 4.69) is 52.8 Å². The molecule has 1 heteroatoms. The fourth-order valence-electron chi connectivity index (χ4n) is 2.44. The van der Waals surface area contributed by atoms with Gasteiger partial charge in [0, 0.05) is 32.7 Å². The molecular weight excluding hydrogens is 257 g/mol. The van der Waals surface area contributed by atoms with Gasteiger partial charge in [-0.1, -0.05) is 47.5 Å². The SMILES string of the molecule is CC(C)(C)CC(C)(C)C1=CCCC=[C-]1.[Y]. The summed E-state index contributed by atoms with van der Waals surface area (Å²) in [7, 11) is 0. The van der Waals surface area contributed by atoms with Gasteiger partial charge in [-0.3, -0.25) is 6.08 Å². The maximum Gasteiger partial charge on any atom is 0 e. The molecule has 0 heterocycles. The van der Waals surface area contributed by atoms with Crippen molar-refractivity contribution in [3.05, 3.63) is 23.8 Å². The molecule has 1 radical (unpaired) electrons. The van der Waals surface area contributed by atoms with Crippen molar-refractivity contribution in [2.45, 2.75) is 53.9 Å². The summed E-state index contributed by atoms with van der Waals surface area (Å²) in [4.78, 5) is 0. The molecule has 0 aromatic heterocycles. The molecule has 0 bridgehead atoms. The van der Waals surface area contributed by atoms with Crippen molar-refractivity contribution in [1.82, 2.24) is 0 Å². The van der Waals surface area contributed by atoms with Gasteiger partial charge in [0.05, 0.1) is 0 Å². The maximum absolute atomic E-state index is 3.42. The van der Waals surface area contributed by atoms with Crippen molar-refractivity contribution < 1.29 is 32.7 Å². The van der Waals surface area contributed by atoms with Gasteiger partial charge in [0.25, 0.3) is 0 Å². The Labute approximate surface area is 120 Å². The van der Waals surface area contributed by atoms with Gasteiger partial charge in [-0.2, -0.15) is 6.08 Å². The third kappa shape index (κ3) is 5.45. The van der Waals surface area contributed by atoms with Crippen LogP contribution in [0.5, 0.6) is 0 Å². The van der Waals surface area contributed by atoms with Crippen molar-refractivity contribution in [1.29, 1.82) is 0 Å². The van der Waals surface area contributed by atoms with Crippen molar-refractivity contribution in [3.8, 4) is 0 Å². The van der Waals surface area contributed by atoms with Gasteiger partial charge in [0.15, 0.2) is 0 Å². The monoisotopic (exact) mass is 280 g/mol. The van der Waals surface area contributed by atoms with Crippen LogP contribution in [-0.4, -0.2) is 0 Å². The molecule has 1 aliphatic carbocycles. The minimum Gasteiger partial charge on any atom is -0.251 e. The summed E-state index contributed by atoms with van der Waals surface area (Å²) < 4.78 is 0. The summed E-state index contributed by atoms with van der Waals surface area (Å²) in [6.45, 7) is 11.6. The van der Waals surface area contributed by atoms with Gasteiger partial charge < -0.3 is 0 Å². The molecule has 15 heavy (non-hydrogen) atoms. The van der Waals surface area contributed by atoms with E-state index < -0.39 is 0 Å². The molecule has 1 rings (SSSR count). The first-order chi connectivity index (χ1) is 6.31. The fourth-order valence-corrected chi connectivity index (χ4v) is 2.44. The quantitative estimate of drug-likeness (QED) is 0.652. The van der Waals surface area contributed by atoms with E-state index in [1.54, 1.807) is 0 Å². The third-order valence-electron chi connectivity index (χ3n) is 2.62. The molecule has 0 aliphatic heterocycles. The summed E-state index contributed by atoms with van der Waals surface area (Å²) in [5, 5.41) is 0. The smallest absolute Gasteiger partial charge is 0 e. The zero-order valence-corrected chi connectivity index (χ0v) is 13.7. The first kappa shape index (κ1) is 15.6. The Bertz CT molecular complexity index is 251. The molecule has 0 N–H and O–H groups in total. The molecule has 0 aromatic carbocycles. The molecule has 83 valence electrons. The van der Waals surface area contributed by atoms with Gasteiger partial charge in [-0.05, 0) is 17.3 Å². The first-order valence-corrected chi connectivity index (χ1v) is 5.60. The minimum atomic E-state index is 0. The fraction of sp³-hybridized carbons (Fsp3) is 0.714. The van der Waals surface area contributed by atoms with Gasteiger partial charge in [-0.15, -0.1) is 0 Å². The van der Waals surface area contributed by atoms with Crippen LogP contribution in [0.15, 0.2) is 17.7 Å². The van der Waals surface area contributed by atoms with E-state index >= 15 is 0 Å². The molecule has 0 unspecified atom stereocenters. The number of rotatable bonds is 2. The van der Waals surface area contributed by atoms with Crippen LogP contribution in [0.25, 0.3) is 0 Å². The molecule has 1 aliphatic rings. The Morgan fingerprint density at radius 3 is 2.13 bits per heavy atom.